The van der Waals surface area contributed by atoms with Gasteiger partial charge in [0.2, 0.25) is 5.91 Å². The van der Waals surface area contributed by atoms with Crippen LogP contribution in [0.2, 0.25) is 0 Å². The topological polar surface area (TPSA) is 75.0 Å². The Hall–Kier alpha value is -1.70. The van der Waals surface area contributed by atoms with Crippen molar-refractivity contribution >= 4 is 5.91 Å². The molecule has 0 spiro atoms. The second-order valence-corrected chi connectivity index (χ2v) is 6.58. The summed E-state index contributed by atoms with van der Waals surface area (Å²) in [5.41, 5.74) is -0.173. The molecule has 3 rings (SSSR count). The SMILES string of the molecule is O=C(Cn1ccccc1=O)N1C[C@@H](CO)[C@@H](CN2CCOCC2)C1. The summed E-state index contributed by atoms with van der Waals surface area (Å²) in [6, 6.07) is 4.87. The van der Waals surface area contributed by atoms with Gasteiger partial charge in [0.15, 0.2) is 0 Å². The minimum absolute atomic E-state index is 0.0576. The fraction of sp³-hybridized carbons (Fsp3) is 0.647. The molecule has 2 saturated heterocycles. The number of nitrogens with zero attached hydrogens (tertiary/aromatic N) is 3. The zero-order chi connectivity index (χ0) is 16.9. The van der Waals surface area contributed by atoms with Gasteiger partial charge in [-0.25, -0.2) is 0 Å². The molecule has 7 nitrogen and oxygen atoms in total. The van der Waals surface area contributed by atoms with Crippen molar-refractivity contribution in [3.8, 4) is 0 Å². The quantitative estimate of drug-likeness (QED) is 0.766. The predicted octanol–water partition coefficient (Wildman–Crippen LogP) is -0.753. The Kier molecular flexibility index (Phi) is 5.65. The molecular weight excluding hydrogens is 310 g/mol. The van der Waals surface area contributed by atoms with E-state index < -0.39 is 0 Å². The van der Waals surface area contributed by atoms with E-state index >= 15 is 0 Å². The number of carbonyl (C=O) groups excluding carboxylic acids is 1. The van der Waals surface area contributed by atoms with E-state index in [4.69, 9.17) is 4.74 Å². The van der Waals surface area contributed by atoms with Gasteiger partial charge in [-0.3, -0.25) is 14.5 Å². The van der Waals surface area contributed by atoms with E-state index in [1.165, 1.54) is 10.6 Å². The number of aliphatic hydroxyl groups is 1. The molecule has 0 aromatic carbocycles. The van der Waals surface area contributed by atoms with Gasteiger partial charge in [-0.15, -0.1) is 0 Å². The lowest BCUT2D eigenvalue weighted by molar-refractivity contribution is -0.131. The van der Waals surface area contributed by atoms with E-state index in [-0.39, 0.29) is 36.5 Å². The Labute approximate surface area is 141 Å². The van der Waals surface area contributed by atoms with Gasteiger partial charge in [0.05, 0.1) is 13.2 Å². The van der Waals surface area contributed by atoms with Crippen LogP contribution in [0.25, 0.3) is 0 Å². The molecule has 1 aromatic heterocycles. The second kappa shape index (κ2) is 7.92. The number of hydrogen-bond acceptors (Lipinski definition) is 5. The maximum Gasteiger partial charge on any atom is 0.250 e. The van der Waals surface area contributed by atoms with Crippen LogP contribution in [0.15, 0.2) is 29.2 Å². The van der Waals surface area contributed by atoms with Gasteiger partial charge in [0, 0.05) is 57.5 Å². The Bertz CT molecular complexity index is 612. The number of likely N-dealkylation sites (tertiary alicyclic amines) is 1. The largest absolute Gasteiger partial charge is 0.396 e. The summed E-state index contributed by atoms with van der Waals surface area (Å²) in [6.07, 6.45) is 1.63. The van der Waals surface area contributed by atoms with E-state index in [1.807, 2.05) is 0 Å². The van der Waals surface area contributed by atoms with Gasteiger partial charge in [0.1, 0.15) is 6.54 Å². The molecule has 1 aromatic rings. The van der Waals surface area contributed by atoms with Crippen LogP contribution in [0.1, 0.15) is 0 Å². The highest BCUT2D eigenvalue weighted by Gasteiger charge is 2.35. The molecule has 0 aliphatic carbocycles. The molecule has 2 aliphatic rings. The summed E-state index contributed by atoms with van der Waals surface area (Å²) in [6.45, 7) is 5.53. The molecule has 1 amide bonds. The Morgan fingerprint density at radius 1 is 1.21 bits per heavy atom. The molecule has 0 saturated carbocycles. The van der Waals surface area contributed by atoms with Crippen LogP contribution in [-0.2, 0) is 16.1 Å². The second-order valence-electron chi connectivity index (χ2n) is 6.58. The van der Waals surface area contributed by atoms with Gasteiger partial charge >= 0.3 is 0 Å². The van der Waals surface area contributed by atoms with Crippen LogP contribution in [0.3, 0.4) is 0 Å². The number of pyridine rings is 1. The fourth-order valence-electron chi connectivity index (χ4n) is 3.51. The maximum absolute atomic E-state index is 12.5. The highest BCUT2D eigenvalue weighted by atomic mass is 16.5. The molecule has 24 heavy (non-hydrogen) atoms. The highest BCUT2D eigenvalue weighted by Crippen LogP contribution is 2.24. The van der Waals surface area contributed by atoms with E-state index in [9.17, 15) is 14.7 Å². The van der Waals surface area contributed by atoms with Crippen molar-refractivity contribution in [2.75, 3.05) is 52.5 Å². The molecule has 0 unspecified atom stereocenters. The Morgan fingerprint density at radius 3 is 2.67 bits per heavy atom. The number of aliphatic hydroxyl groups excluding tert-OH is 1. The van der Waals surface area contributed by atoms with Crippen molar-refractivity contribution in [3.05, 3.63) is 34.7 Å². The molecule has 2 fully saturated rings. The lowest BCUT2D eigenvalue weighted by Gasteiger charge is -2.30. The predicted molar refractivity (Wildman–Crippen MR) is 88.6 cm³/mol. The molecule has 2 atom stereocenters. The van der Waals surface area contributed by atoms with Crippen LogP contribution in [0.4, 0.5) is 0 Å². The van der Waals surface area contributed by atoms with Crippen LogP contribution < -0.4 is 5.56 Å². The lowest BCUT2D eigenvalue weighted by Crippen LogP contribution is -2.41. The minimum Gasteiger partial charge on any atom is -0.396 e. The van der Waals surface area contributed by atoms with Crippen molar-refractivity contribution in [3.63, 3.8) is 0 Å². The van der Waals surface area contributed by atoms with Crippen LogP contribution in [-0.4, -0.2) is 77.9 Å². The maximum atomic E-state index is 12.5. The number of rotatable bonds is 5. The van der Waals surface area contributed by atoms with Gasteiger partial charge in [0.25, 0.3) is 5.56 Å². The smallest absolute Gasteiger partial charge is 0.250 e. The van der Waals surface area contributed by atoms with E-state index in [0.29, 0.717) is 13.1 Å². The number of aromatic nitrogens is 1. The van der Waals surface area contributed by atoms with Crippen LogP contribution in [0, 0.1) is 11.8 Å². The van der Waals surface area contributed by atoms with Crippen LogP contribution >= 0.6 is 0 Å². The van der Waals surface area contributed by atoms with Gasteiger partial charge < -0.3 is 19.3 Å². The molecule has 1 N–H and O–H groups in total. The first-order valence-corrected chi connectivity index (χ1v) is 8.51. The van der Waals surface area contributed by atoms with Crippen molar-refractivity contribution in [1.82, 2.24) is 14.4 Å². The number of amides is 1. The number of ether oxygens (including phenoxy) is 1. The summed E-state index contributed by atoms with van der Waals surface area (Å²) >= 11 is 0. The summed E-state index contributed by atoms with van der Waals surface area (Å²) in [5.74, 6) is 0.306. The van der Waals surface area contributed by atoms with E-state index in [2.05, 4.69) is 4.90 Å². The number of carbonyl (C=O) groups is 1. The monoisotopic (exact) mass is 335 g/mol. The molecule has 0 radical (unpaired) electrons. The van der Waals surface area contributed by atoms with Gasteiger partial charge in [-0.05, 0) is 12.0 Å². The molecule has 3 heterocycles. The lowest BCUT2D eigenvalue weighted by atomic mass is 9.96. The van der Waals surface area contributed by atoms with E-state index in [1.54, 1.807) is 23.2 Å². The van der Waals surface area contributed by atoms with E-state index in [0.717, 1.165) is 32.8 Å². The Balaban J connectivity index is 1.59. The summed E-state index contributed by atoms with van der Waals surface area (Å²) in [5, 5.41) is 9.66. The molecule has 132 valence electrons. The normalized spacial score (nSPS) is 25.1. The van der Waals surface area contributed by atoms with Gasteiger partial charge in [-0.1, -0.05) is 6.07 Å². The van der Waals surface area contributed by atoms with Gasteiger partial charge in [-0.2, -0.15) is 0 Å². The third kappa shape index (κ3) is 4.03. The summed E-state index contributed by atoms with van der Waals surface area (Å²) in [7, 11) is 0. The average molecular weight is 335 g/mol. The molecule has 7 heteroatoms. The van der Waals surface area contributed by atoms with Crippen molar-refractivity contribution in [2.45, 2.75) is 6.54 Å². The first kappa shape index (κ1) is 17.1. The Morgan fingerprint density at radius 2 is 1.96 bits per heavy atom. The minimum atomic E-state index is -0.173. The van der Waals surface area contributed by atoms with Crippen molar-refractivity contribution in [1.29, 1.82) is 0 Å². The zero-order valence-electron chi connectivity index (χ0n) is 13.8. The first-order chi connectivity index (χ1) is 11.7. The standard InChI is InChI=1S/C17H25N3O4/c21-13-15-11-20(10-14(15)9-18-5-7-24-8-6-18)17(23)12-19-4-2-1-3-16(19)22/h1-4,14-15,21H,5-13H2/t14-,15-/m0/s1. The summed E-state index contributed by atoms with van der Waals surface area (Å²) in [4.78, 5) is 28.4. The molecule has 2 aliphatic heterocycles. The summed E-state index contributed by atoms with van der Waals surface area (Å²) < 4.78 is 6.79. The number of morpholine rings is 1. The fourth-order valence-corrected chi connectivity index (χ4v) is 3.51. The molecular formula is C17H25N3O4. The highest BCUT2D eigenvalue weighted by molar-refractivity contribution is 5.76. The van der Waals surface area contributed by atoms with Crippen molar-refractivity contribution < 1.29 is 14.6 Å². The average Bonchev–Trinajstić information content (AvgIpc) is 3.01. The zero-order valence-corrected chi connectivity index (χ0v) is 13.8. The van der Waals surface area contributed by atoms with Crippen LogP contribution in [0.5, 0.6) is 0 Å². The number of hydrogen-bond donors (Lipinski definition) is 1. The third-order valence-corrected chi connectivity index (χ3v) is 4.96. The third-order valence-electron chi connectivity index (χ3n) is 4.96. The molecule has 0 bridgehead atoms. The van der Waals surface area contributed by atoms with Crippen molar-refractivity contribution in [2.24, 2.45) is 11.8 Å². The first-order valence-electron chi connectivity index (χ1n) is 8.51.